The van der Waals surface area contributed by atoms with Crippen molar-refractivity contribution in [2.45, 2.75) is 70.7 Å². The maximum atomic E-state index is 13.4. The molecule has 0 aromatic heterocycles. The molecule has 5 fully saturated rings. The molecule has 30 heavy (non-hydrogen) atoms. The number of amides is 1. The molecule has 4 heterocycles. The third-order valence-electron chi connectivity index (χ3n) is 7.94. The molecule has 2 bridgehead atoms. The van der Waals surface area contributed by atoms with Gasteiger partial charge in [0.2, 0.25) is 11.7 Å². The highest BCUT2D eigenvalue weighted by molar-refractivity contribution is 5.80. The van der Waals surface area contributed by atoms with Crippen LogP contribution in [0.15, 0.2) is 30.3 Å². The summed E-state index contributed by atoms with van der Waals surface area (Å²) in [6.07, 6.45) is 3.48. The van der Waals surface area contributed by atoms with Gasteiger partial charge in [0.05, 0.1) is 13.2 Å². The topological polar surface area (TPSA) is 57.2 Å². The molecule has 4 aliphatic heterocycles. The van der Waals surface area contributed by atoms with Crippen LogP contribution in [0.2, 0.25) is 0 Å². The average Bonchev–Trinajstić information content (AvgIpc) is 2.98. The first kappa shape index (κ1) is 20.4. The van der Waals surface area contributed by atoms with Gasteiger partial charge in [0.25, 0.3) is 0 Å². The van der Waals surface area contributed by atoms with Gasteiger partial charge in [-0.05, 0) is 43.6 Å². The summed E-state index contributed by atoms with van der Waals surface area (Å²) in [4.78, 5) is 27.4. The number of hydrogen-bond donors (Lipinski definition) is 0. The number of carbonyl (C=O) groups is 1. The molecule has 6 nitrogen and oxygen atoms in total. The largest absolute Gasteiger partial charge is 0.375 e. The van der Waals surface area contributed by atoms with E-state index in [9.17, 15) is 4.79 Å². The summed E-state index contributed by atoms with van der Waals surface area (Å²) in [7, 11) is 0. The molecule has 4 saturated heterocycles. The Bertz CT molecular complexity index is 787. The Labute approximate surface area is 178 Å². The first-order valence-electron chi connectivity index (χ1n) is 11.4. The fourth-order valence-corrected chi connectivity index (χ4v) is 6.31. The fourth-order valence-electron chi connectivity index (χ4n) is 6.31. The van der Waals surface area contributed by atoms with Crippen LogP contribution in [0.25, 0.3) is 0 Å². The molecule has 1 spiro atoms. The van der Waals surface area contributed by atoms with Gasteiger partial charge in [0.15, 0.2) is 11.8 Å². The van der Waals surface area contributed by atoms with Crippen molar-refractivity contribution in [3.8, 4) is 0 Å². The van der Waals surface area contributed by atoms with Crippen molar-refractivity contribution in [1.82, 2.24) is 4.90 Å². The summed E-state index contributed by atoms with van der Waals surface area (Å²) in [6.45, 7) is 7.79. The number of nitrogens with zero attached hydrogens (tertiary/aromatic N) is 1. The van der Waals surface area contributed by atoms with Crippen molar-refractivity contribution in [3.05, 3.63) is 35.9 Å². The maximum Gasteiger partial charge on any atom is 0.227 e. The van der Waals surface area contributed by atoms with Gasteiger partial charge >= 0.3 is 0 Å². The summed E-state index contributed by atoms with van der Waals surface area (Å²) in [5.74, 6) is 0.204. The van der Waals surface area contributed by atoms with Crippen molar-refractivity contribution in [3.63, 3.8) is 0 Å². The highest BCUT2D eigenvalue weighted by Crippen LogP contribution is 2.60. The normalized spacial score (nSPS) is 42.7. The Hall–Kier alpha value is -1.47. The quantitative estimate of drug-likeness (QED) is 0.539. The third-order valence-corrected chi connectivity index (χ3v) is 7.94. The van der Waals surface area contributed by atoms with E-state index in [0.717, 1.165) is 31.2 Å². The van der Waals surface area contributed by atoms with E-state index in [0.29, 0.717) is 31.6 Å². The van der Waals surface area contributed by atoms with E-state index in [2.05, 4.69) is 6.92 Å². The second-order valence-corrected chi connectivity index (χ2v) is 9.79. The predicted molar refractivity (Wildman–Crippen MR) is 110 cm³/mol. The van der Waals surface area contributed by atoms with Crippen LogP contribution >= 0.6 is 0 Å². The SMILES string of the molecule is C[C@@H]1CC[C@H]2[C@@H](C)C(=O)N(CCOCc3ccccc3)[C@@H]3O[C@]4(C)CC[C@@H]1[C@@]23OO4. The molecule has 1 aliphatic carbocycles. The van der Waals surface area contributed by atoms with E-state index >= 15 is 0 Å². The standard InChI is InChI=1S/C24H33NO5/c1-16-9-10-20-17(2)21(26)25(13-14-27-15-18-7-5-4-6-8-18)22-24(20)19(16)11-12-23(3,28-22)29-30-24/h4-8,16-17,19-20,22H,9-15H2,1-3H3/t16-,17-,19+,20+,22-,23+,24-/m1/s1. The van der Waals surface area contributed by atoms with Crippen molar-refractivity contribution in [2.24, 2.45) is 23.7 Å². The van der Waals surface area contributed by atoms with Crippen LogP contribution in [0.5, 0.6) is 0 Å². The Morgan fingerprint density at radius 2 is 1.90 bits per heavy atom. The van der Waals surface area contributed by atoms with E-state index in [-0.39, 0.29) is 17.7 Å². The molecule has 1 saturated carbocycles. The zero-order valence-corrected chi connectivity index (χ0v) is 18.2. The summed E-state index contributed by atoms with van der Waals surface area (Å²) < 4.78 is 12.4. The molecule has 6 rings (SSSR count). The number of benzene rings is 1. The summed E-state index contributed by atoms with van der Waals surface area (Å²) >= 11 is 0. The molecule has 0 N–H and O–H groups in total. The second kappa shape index (κ2) is 7.59. The number of fused-ring (bicyclic) bond motifs is 2. The average molecular weight is 416 g/mol. The van der Waals surface area contributed by atoms with E-state index in [1.165, 1.54) is 0 Å². The summed E-state index contributed by atoms with van der Waals surface area (Å²) in [5, 5.41) is 0. The smallest absolute Gasteiger partial charge is 0.227 e. The number of rotatable bonds is 5. The first-order valence-corrected chi connectivity index (χ1v) is 11.4. The lowest BCUT2D eigenvalue weighted by Crippen LogP contribution is -2.75. The molecular formula is C24H33NO5. The second-order valence-electron chi connectivity index (χ2n) is 9.79. The molecule has 164 valence electrons. The Kier molecular flexibility index (Phi) is 5.17. The minimum Gasteiger partial charge on any atom is -0.375 e. The van der Waals surface area contributed by atoms with Crippen molar-refractivity contribution in [2.75, 3.05) is 13.2 Å². The molecule has 0 unspecified atom stereocenters. The zero-order valence-electron chi connectivity index (χ0n) is 18.2. The highest BCUT2D eigenvalue weighted by Gasteiger charge is 2.70. The summed E-state index contributed by atoms with van der Waals surface area (Å²) in [5.41, 5.74) is 0.546. The molecular weight excluding hydrogens is 382 g/mol. The lowest BCUT2D eigenvalue weighted by atomic mass is 9.57. The molecule has 5 aliphatic rings. The van der Waals surface area contributed by atoms with Crippen LogP contribution in [-0.4, -0.2) is 41.6 Å². The zero-order chi connectivity index (χ0) is 20.9. The molecule has 7 atom stereocenters. The van der Waals surface area contributed by atoms with Crippen LogP contribution < -0.4 is 0 Å². The molecule has 1 aromatic rings. The predicted octanol–water partition coefficient (Wildman–Crippen LogP) is 3.90. The van der Waals surface area contributed by atoms with Crippen molar-refractivity contribution < 1.29 is 24.0 Å². The van der Waals surface area contributed by atoms with Crippen molar-refractivity contribution in [1.29, 1.82) is 0 Å². The van der Waals surface area contributed by atoms with Gasteiger partial charge in [-0.2, -0.15) is 0 Å². The monoisotopic (exact) mass is 415 g/mol. The highest BCUT2D eigenvalue weighted by atomic mass is 17.3. The van der Waals surface area contributed by atoms with Gasteiger partial charge < -0.3 is 14.4 Å². The lowest BCUT2D eigenvalue weighted by Gasteiger charge is -2.61. The minimum absolute atomic E-state index is 0.111. The van der Waals surface area contributed by atoms with Gasteiger partial charge in [-0.25, -0.2) is 9.78 Å². The molecule has 1 amide bonds. The maximum absolute atomic E-state index is 13.4. The number of carbonyl (C=O) groups excluding carboxylic acids is 1. The van der Waals surface area contributed by atoms with Crippen LogP contribution in [0.1, 0.15) is 52.0 Å². The van der Waals surface area contributed by atoms with Crippen LogP contribution in [0.4, 0.5) is 0 Å². The van der Waals surface area contributed by atoms with Crippen LogP contribution in [0.3, 0.4) is 0 Å². The van der Waals surface area contributed by atoms with Crippen LogP contribution in [0, 0.1) is 23.7 Å². The molecule has 6 heteroatoms. The number of piperidine rings is 1. The first-order chi connectivity index (χ1) is 14.4. The summed E-state index contributed by atoms with van der Waals surface area (Å²) in [6, 6.07) is 10.1. The third kappa shape index (κ3) is 3.11. The molecule has 1 aromatic carbocycles. The number of hydrogen-bond acceptors (Lipinski definition) is 5. The van der Waals surface area contributed by atoms with E-state index in [4.69, 9.17) is 19.2 Å². The number of likely N-dealkylation sites (tertiary alicyclic amines) is 1. The van der Waals surface area contributed by atoms with Gasteiger partial charge in [-0.1, -0.05) is 44.2 Å². The van der Waals surface area contributed by atoms with Gasteiger partial charge in [0.1, 0.15) is 0 Å². The van der Waals surface area contributed by atoms with E-state index < -0.39 is 17.6 Å². The fraction of sp³-hybridized carbons (Fsp3) is 0.708. The van der Waals surface area contributed by atoms with E-state index in [1.807, 2.05) is 49.1 Å². The Morgan fingerprint density at radius 3 is 2.70 bits per heavy atom. The minimum atomic E-state index is -0.804. The van der Waals surface area contributed by atoms with Gasteiger partial charge in [-0.3, -0.25) is 4.79 Å². The molecule has 0 radical (unpaired) electrons. The van der Waals surface area contributed by atoms with Crippen LogP contribution in [-0.2, 0) is 30.7 Å². The Balaban J connectivity index is 1.39. The van der Waals surface area contributed by atoms with Crippen molar-refractivity contribution >= 4 is 5.91 Å². The Morgan fingerprint density at radius 1 is 1.10 bits per heavy atom. The lowest BCUT2D eigenvalue weighted by molar-refractivity contribution is -0.547. The van der Waals surface area contributed by atoms with Gasteiger partial charge in [-0.15, -0.1) is 0 Å². The van der Waals surface area contributed by atoms with Gasteiger partial charge in [0, 0.05) is 24.8 Å². The number of ether oxygens (including phenoxy) is 2. The van der Waals surface area contributed by atoms with E-state index in [1.54, 1.807) is 0 Å².